The zero-order valence-electron chi connectivity index (χ0n) is 6.93. The first-order chi connectivity index (χ1) is 6.00. The molecule has 6 heterocycles. The van der Waals surface area contributed by atoms with Crippen LogP contribution in [-0.4, -0.2) is 87.4 Å². The average molecular weight is 331 g/mol. The van der Waals surface area contributed by atoms with E-state index in [9.17, 15) is 0 Å². The molecule has 58 valence electrons. The van der Waals surface area contributed by atoms with Crippen molar-refractivity contribution < 1.29 is 0 Å². The summed E-state index contributed by atoms with van der Waals surface area (Å²) in [6, 6.07) is 0. The van der Waals surface area contributed by atoms with Crippen molar-refractivity contribution in [3.8, 4) is 0 Å². The zero-order valence-corrected chi connectivity index (χ0v) is 19.6. The quantitative estimate of drug-likeness (QED) is 0.387. The van der Waals surface area contributed by atoms with E-state index < -0.39 is 0 Å². The molecule has 0 nitrogen and oxygen atoms in total. The molecule has 6 fully saturated rings. The van der Waals surface area contributed by atoms with Gasteiger partial charge in [0.2, 0.25) is 0 Å². The van der Waals surface area contributed by atoms with Crippen LogP contribution in [-0.2, 0) is 0 Å². The maximum Gasteiger partial charge on any atom is 0.0960 e. The molecule has 12 heteroatoms. The monoisotopic (exact) mass is 330 g/mol. The minimum atomic E-state index is 0.639. The predicted molar refractivity (Wildman–Crippen MR) is 84.4 cm³/mol. The molecule has 6 aliphatic heterocycles. The van der Waals surface area contributed by atoms with E-state index >= 15 is 0 Å². The van der Waals surface area contributed by atoms with Crippen molar-refractivity contribution in [1.29, 1.82) is 0 Å². The molecular weight excluding hydrogens is 320 g/mol. The van der Waals surface area contributed by atoms with Crippen LogP contribution in [0.3, 0.4) is 0 Å². The van der Waals surface area contributed by atoms with Crippen LogP contribution in [0.2, 0.25) is 0 Å². The second kappa shape index (κ2) is 1.41. The second-order valence-electron chi connectivity index (χ2n) is 6.93. The lowest BCUT2D eigenvalue weighted by Crippen LogP contribution is -3.38. The summed E-state index contributed by atoms with van der Waals surface area (Å²) in [5, 5.41) is 0. The van der Waals surface area contributed by atoms with E-state index in [2.05, 4.69) is 5.49 Å². The first-order valence-electron chi connectivity index (χ1n) is 6.00. The zero-order chi connectivity index (χ0) is 6.93. The Hall–Kier alpha value is 2.45. The van der Waals surface area contributed by atoms with Gasteiger partial charge in [-0.2, -0.15) is 0 Å². The third kappa shape index (κ3) is 0.295. The maximum atomic E-state index is 2.12. The van der Waals surface area contributed by atoms with E-state index in [4.69, 9.17) is 0 Å². The van der Waals surface area contributed by atoms with E-state index in [1.54, 1.807) is 0 Å². The van der Waals surface area contributed by atoms with Gasteiger partial charge in [-0.3, -0.25) is 0 Å². The van der Waals surface area contributed by atoms with Gasteiger partial charge in [-0.05, 0) is 81.9 Å². The van der Waals surface area contributed by atoms with Crippen molar-refractivity contribution >= 4 is 87.4 Å². The van der Waals surface area contributed by atoms with Crippen LogP contribution in [0.4, 0.5) is 0 Å². The highest BCUT2D eigenvalue weighted by molar-refractivity contribution is 8.76. The van der Waals surface area contributed by atoms with Crippen LogP contribution in [0.15, 0.2) is 0 Å². The molecule has 6 rings (SSSR count). The van der Waals surface area contributed by atoms with E-state index in [-0.39, 0.29) is 0 Å². The van der Waals surface area contributed by atoms with E-state index in [1.807, 2.05) is 0 Å². The lowest BCUT2D eigenvalue weighted by Gasteiger charge is -3.00. The molecular formula is H11BSi11. The first-order valence-corrected chi connectivity index (χ1v) is 48.0. The number of hydrogen-bond acceptors (Lipinski definition) is 0. The highest BCUT2D eigenvalue weighted by Gasteiger charge is 3.00. The first kappa shape index (κ1) is 6.25. The Kier molecular flexibility index (Phi) is 0.735. The minimum Gasteiger partial charge on any atom is -0.0231 e. The molecule has 6 saturated heterocycles. The van der Waals surface area contributed by atoms with Gasteiger partial charge in [0.25, 0.3) is 0 Å². The van der Waals surface area contributed by atoms with Gasteiger partial charge in [-0.1, -0.05) is 0 Å². The molecule has 0 amide bonds. The Balaban J connectivity index is 1.69. The van der Waals surface area contributed by atoms with Crippen LogP contribution in [0, 0.1) is 0 Å². The summed E-state index contributed by atoms with van der Waals surface area (Å²) in [7, 11) is 7.77. The van der Waals surface area contributed by atoms with Gasteiger partial charge in [-0.25, -0.2) is 0 Å². The lowest BCUT2D eigenvalue weighted by molar-refractivity contribution is 2.76. The molecule has 8 atom stereocenters. The van der Waals surface area contributed by atoms with Gasteiger partial charge in [0.1, 0.15) is 0 Å². The molecule has 0 aromatic rings. The summed E-state index contributed by atoms with van der Waals surface area (Å²) in [5.74, 6) is 0. The fourth-order valence-electron chi connectivity index (χ4n) is 8.36. The van der Waals surface area contributed by atoms with Crippen LogP contribution < -0.4 is 0 Å². The standard InChI is InChI=1S/BH11Si11/c1-2-5-3(1)7-9(5)12-10-6(2)4(1)8(10)11(7)12/h2-12H. The van der Waals surface area contributed by atoms with E-state index in [0.717, 1.165) is 29.4 Å². The van der Waals surface area contributed by atoms with Gasteiger partial charge < -0.3 is 0 Å². The Morgan fingerprint density at radius 3 is 1.50 bits per heavy atom. The Labute approximate surface area is 86.6 Å². The second-order valence-corrected chi connectivity index (χ2v) is 156. The fourth-order valence-corrected chi connectivity index (χ4v) is 1390. The summed E-state index contributed by atoms with van der Waals surface area (Å²) in [6.45, 7) is 0. The van der Waals surface area contributed by atoms with Gasteiger partial charge in [-0.15, -0.1) is 0 Å². The molecule has 12 heavy (non-hydrogen) atoms. The Bertz CT molecular complexity index is 191. The molecule has 0 saturated carbocycles. The van der Waals surface area contributed by atoms with Crippen molar-refractivity contribution in [2.24, 2.45) is 0 Å². The largest absolute Gasteiger partial charge is 0.0960 e. The van der Waals surface area contributed by atoms with Crippen LogP contribution in [0.1, 0.15) is 0 Å². The highest BCUT2D eigenvalue weighted by atomic mass is 30.9. The Morgan fingerprint density at radius 2 is 0.833 bits per heavy atom. The van der Waals surface area contributed by atoms with Gasteiger partial charge in [0.05, 0.1) is 5.49 Å². The minimum absolute atomic E-state index is 0.639. The summed E-state index contributed by atoms with van der Waals surface area (Å²) in [5.41, 5.74) is 2.12. The van der Waals surface area contributed by atoms with E-state index in [0.29, 0.717) is 52.5 Å². The van der Waals surface area contributed by atoms with Gasteiger partial charge >= 0.3 is 0 Å². The molecule has 0 N–H and O–H groups in total. The molecule has 6 aliphatic rings. The summed E-state index contributed by atoms with van der Waals surface area (Å²) >= 11 is 0. The van der Waals surface area contributed by atoms with Crippen LogP contribution >= 0.6 is 0 Å². The highest BCUT2D eigenvalue weighted by Crippen LogP contribution is 2.63. The third-order valence-electron chi connectivity index (χ3n) is 8.00. The SMILES string of the molecule is B12[SiH]3[SiH]4[SiH]1[SiH]1[SiH]4[SiH]4[SiH]5[SiH]3[SiH]2[SiH]5[SiH]14. The normalized spacial score (nSPS) is 102. The van der Waals surface area contributed by atoms with Crippen LogP contribution in [0.5, 0.6) is 0 Å². The molecule has 0 aliphatic carbocycles. The van der Waals surface area contributed by atoms with Crippen molar-refractivity contribution in [3.63, 3.8) is 0 Å². The van der Waals surface area contributed by atoms with Crippen molar-refractivity contribution in [3.05, 3.63) is 0 Å². The van der Waals surface area contributed by atoms with Gasteiger partial charge in [0.15, 0.2) is 0 Å². The third-order valence-corrected chi connectivity index (χ3v) is 504. The average Bonchev–Trinajstić information content (AvgIpc) is 1.69. The number of fused-ring (bicyclic) bond motifs is 18. The summed E-state index contributed by atoms with van der Waals surface area (Å²) in [6.07, 6.45) is 0. The van der Waals surface area contributed by atoms with Crippen molar-refractivity contribution in [2.75, 3.05) is 0 Å². The molecule has 8 unspecified atom stereocenters. The van der Waals surface area contributed by atoms with Crippen molar-refractivity contribution in [2.45, 2.75) is 0 Å². The smallest absolute Gasteiger partial charge is 0.0231 e. The molecule has 0 aromatic heterocycles. The van der Waals surface area contributed by atoms with Crippen LogP contribution in [0.25, 0.3) is 0 Å². The molecule has 0 spiro atoms. The maximum absolute atomic E-state index is 2.12. The predicted octanol–water partition coefficient (Wildman–Crippen LogP) is -7.51. The Morgan fingerprint density at radius 1 is 0.417 bits per heavy atom. The summed E-state index contributed by atoms with van der Waals surface area (Å²) in [4.78, 5) is 0. The molecule has 0 aromatic carbocycles. The fraction of sp³-hybridized carbons (Fsp3) is 0. The summed E-state index contributed by atoms with van der Waals surface area (Å²) < 4.78 is 0. The number of hydrogen-bond donors (Lipinski definition) is 0. The topological polar surface area (TPSA) is 0 Å². The van der Waals surface area contributed by atoms with E-state index in [1.165, 1.54) is 0 Å². The molecule has 0 bridgehead atoms. The van der Waals surface area contributed by atoms with Crippen molar-refractivity contribution in [1.82, 2.24) is 0 Å². The number of rotatable bonds is 0. The lowest BCUT2D eigenvalue weighted by atomic mass is 10.6. The van der Waals surface area contributed by atoms with Gasteiger partial charge in [0, 0.05) is 0 Å². The molecule has 0 radical (unpaired) electrons.